The van der Waals surface area contributed by atoms with E-state index < -0.39 is 10.0 Å². The standard InChI is InChI=1S/C13H19NO3S/c1-11(2)13-5-3-12(4-6-13)9-14-7-8-17-10-18(14,15)16/h3-6,11H,7-10H2,1-2H3. The summed E-state index contributed by atoms with van der Waals surface area (Å²) in [7, 11) is -3.24. The highest BCUT2D eigenvalue weighted by Gasteiger charge is 2.26. The van der Waals surface area contributed by atoms with Crippen LogP contribution in [0.3, 0.4) is 0 Å². The average Bonchev–Trinajstić information content (AvgIpc) is 2.32. The number of sulfonamides is 1. The summed E-state index contributed by atoms with van der Waals surface area (Å²) in [6, 6.07) is 8.13. The van der Waals surface area contributed by atoms with E-state index in [9.17, 15) is 8.42 Å². The minimum Gasteiger partial charge on any atom is -0.363 e. The van der Waals surface area contributed by atoms with E-state index in [1.165, 1.54) is 9.87 Å². The number of hydrogen-bond acceptors (Lipinski definition) is 3. The van der Waals surface area contributed by atoms with Gasteiger partial charge >= 0.3 is 0 Å². The monoisotopic (exact) mass is 269 g/mol. The molecule has 0 amide bonds. The van der Waals surface area contributed by atoms with Crippen molar-refractivity contribution >= 4 is 10.0 Å². The lowest BCUT2D eigenvalue weighted by Crippen LogP contribution is -2.40. The SMILES string of the molecule is CC(C)c1ccc(CN2CCOCS2(=O)=O)cc1. The molecule has 1 fully saturated rings. The predicted molar refractivity (Wildman–Crippen MR) is 70.7 cm³/mol. The molecule has 0 aliphatic carbocycles. The molecule has 5 heteroatoms. The molecular formula is C13H19NO3S. The molecule has 1 aromatic rings. The van der Waals surface area contributed by atoms with Crippen molar-refractivity contribution in [1.29, 1.82) is 0 Å². The van der Waals surface area contributed by atoms with Crippen molar-refractivity contribution in [3.8, 4) is 0 Å². The zero-order valence-corrected chi connectivity index (χ0v) is 11.6. The van der Waals surface area contributed by atoms with Crippen LogP contribution in [0.2, 0.25) is 0 Å². The molecule has 0 bridgehead atoms. The second-order valence-corrected chi connectivity index (χ2v) is 6.78. The van der Waals surface area contributed by atoms with Crippen LogP contribution in [-0.2, 0) is 21.3 Å². The fraction of sp³-hybridized carbons (Fsp3) is 0.538. The van der Waals surface area contributed by atoms with Gasteiger partial charge in [-0.3, -0.25) is 0 Å². The van der Waals surface area contributed by atoms with Crippen LogP contribution in [0.15, 0.2) is 24.3 Å². The normalized spacial score (nSPS) is 20.2. The van der Waals surface area contributed by atoms with Crippen molar-refractivity contribution in [2.45, 2.75) is 26.3 Å². The van der Waals surface area contributed by atoms with Crippen molar-refractivity contribution in [2.24, 2.45) is 0 Å². The zero-order valence-electron chi connectivity index (χ0n) is 10.8. The molecule has 100 valence electrons. The molecule has 4 nitrogen and oxygen atoms in total. The maximum Gasteiger partial charge on any atom is 0.238 e. The van der Waals surface area contributed by atoms with Gasteiger partial charge in [-0.2, -0.15) is 4.31 Å². The largest absolute Gasteiger partial charge is 0.363 e. The first-order chi connectivity index (χ1) is 8.49. The van der Waals surface area contributed by atoms with Gasteiger partial charge in [0.15, 0.2) is 5.94 Å². The number of nitrogens with zero attached hydrogens (tertiary/aromatic N) is 1. The highest BCUT2D eigenvalue weighted by atomic mass is 32.2. The maximum absolute atomic E-state index is 11.8. The minimum absolute atomic E-state index is 0.197. The lowest BCUT2D eigenvalue weighted by atomic mass is 10.0. The summed E-state index contributed by atoms with van der Waals surface area (Å²) in [5, 5.41) is 0. The van der Waals surface area contributed by atoms with Crippen LogP contribution in [0.4, 0.5) is 0 Å². The Morgan fingerprint density at radius 2 is 1.94 bits per heavy atom. The van der Waals surface area contributed by atoms with E-state index >= 15 is 0 Å². The van der Waals surface area contributed by atoms with Gasteiger partial charge in [0.2, 0.25) is 10.0 Å². The lowest BCUT2D eigenvalue weighted by molar-refractivity contribution is 0.130. The Hall–Kier alpha value is -0.910. The summed E-state index contributed by atoms with van der Waals surface area (Å²) >= 11 is 0. The third kappa shape index (κ3) is 3.10. The van der Waals surface area contributed by atoms with Gasteiger partial charge in [0.1, 0.15) is 0 Å². The van der Waals surface area contributed by atoms with Crippen molar-refractivity contribution in [3.05, 3.63) is 35.4 Å². The minimum atomic E-state index is -3.24. The molecule has 1 aromatic carbocycles. The number of benzene rings is 1. The van der Waals surface area contributed by atoms with Crippen LogP contribution < -0.4 is 0 Å². The molecule has 1 heterocycles. The van der Waals surface area contributed by atoms with Crippen LogP contribution in [-0.4, -0.2) is 31.8 Å². The van der Waals surface area contributed by atoms with Gasteiger partial charge in [0, 0.05) is 13.1 Å². The fourth-order valence-electron chi connectivity index (χ4n) is 1.93. The molecule has 0 saturated carbocycles. The molecule has 0 atom stereocenters. The van der Waals surface area contributed by atoms with Gasteiger partial charge in [0.25, 0.3) is 0 Å². The van der Waals surface area contributed by atoms with Gasteiger partial charge in [-0.25, -0.2) is 8.42 Å². The highest BCUT2D eigenvalue weighted by molar-refractivity contribution is 7.88. The van der Waals surface area contributed by atoms with E-state index in [4.69, 9.17) is 4.74 Å². The van der Waals surface area contributed by atoms with Gasteiger partial charge in [-0.15, -0.1) is 0 Å². The van der Waals surface area contributed by atoms with E-state index in [-0.39, 0.29) is 5.94 Å². The van der Waals surface area contributed by atoms with Gasteiger partial charge in [-0.1, -0.05) is 38.1 Å². The summed E-state index contributed by atoms with van der Waals surface area (Å²) in [6.07, 6.45) is 0. The van der Waals surface area contributed by atoms with Gasteiger partial charge in [-0.05, 0) is 17.0 Å². The molecule has 2 rings (SSSR count). The lowest BCUT2D eigenvalue weighted by Gasteiger charge is -2.26. The first-order valence-corrected chi connectivity index (χ1v) is 7.74. The number of hydrogen-bond donors (Lipinski definition) is 0. The Morgan fingerprint density at radius 3 is 2.50 bits per heavy atom. The molecule has 1 aliphatic rings. The first kappa shape index (κ1) is 13.5. The predicted octanol–water partition coefficient (Wildman–Crippen LogP) is 1.93. The molecule has 1 saturated heterocycles. The number of rotatable bonds is 3. The van der Waals surface area contributed by atoms with Crippen LogP contribution in [0.1, 0.15) is 30.9 Å². The third-order valence-electron chi connectivity index (χ3n) is 3.12. The molecule has 1 aliphatic heterocycles. The zero-order chi connectivity index (χ0) is 13.2. The van der Waals surface area contributed by atoms with Crippen LogP contribution in [0, 0.1) is 0 Å². The van der Waals surface area contributed by atoms with E-state index in [1.807, 2.05) is 12.1 Å². The van der Waals surface area contributed by atoms with Crippen molar-refractivity contribution < 1.29 is 13.2 Å². The van der Waals surface area contributed by atoms with E-state index in [2.05, 4.69) is 26.0 Å². The van der Waals surface area contributed by atoms with Crippen LogP contribution in [0.25, 0.3) is 0 Å². The van der Waals surface area contributed by atoms with Gasteiger partial charge < -0.3 is 4.74 Å². The van der Waals surface area contributed by atoms with E-state index in [0.29, 0.717) is 25.6 Å². The van der Waals surface area contributed by atoms with E-state index in [0.717, 1.165) is 5.56 Å². The molecule has 0 N–H and O–H groups in total. The molecule has 0 aromatic heterocycles. The maximum atomic E-state index is 11.8. The molecule has 0 unspecified atom stereocenters. The number of ether oxygens (including phenoxy) is 1. The summed E-state index contributed by atoms with van der Waals surface area (Å²) < 4.78 is 30.0. The average molecular weight is 269 g/mol. The Balaban J connectivity index is 2.09. The van der Waals surface area contributed by atoms with E-state index in [1.54, 1.807) is 0 Å². The highest BCUT2D eigenvalue weighted by Crippen LogP contribution is 2.17. The molecule has 18 heavy (non-hydrogen) atoms. The summed E-state index contributed by atoms with van der Waals surface area (Å²) in [6.45, 7) is 5.63. The smallest absolute Gasteiger partial charge is 0.238 e. The Morgan fingerprint density at radius 1 is 1.28 bits per heavy atom. The second kappa shape index (κ2) is 5.38. The van der Waals surface area contributed by atoms with Gasteiger partial charge in [0.05, 0.1) is 6.61 Å². The molecular weight excluding hydrogens is 250 g/mol. The summed E-state index contributed by atoms with van der Waals surface area (Å²) in [5.41, 5.74) is 2.29. The summed E-state index contributed by atoms with van der Waals surface area (Å²) in [4.78, 5) is 0. The van der Waals surface area contributed by atoms with Crippen molar-refractivity contribution in [2.75, 3.05) is 19.1 Å². The molecule has 0 radical (unpaired) electrons. The Kier molecular flexibility index (Phi) is 4.04. The summed E-state index contributed by atoms with van der Waals surface area (Å²) in [5.74, 6) is 0.294. The Labute approximate surface area is 109 Å². The topological polar surface area (TPSA) is 46.6 Å². The molecule has 0 spiro atoms. The van der Waals surface area contributed by atoms with Crippen molar-refractivity contribution in [3.63, 3.8) is 0 Å². The first-order valence-electron chi connectivity index (χ1n) is 6.13. The third-order valence-corrected chi connectivity index (χ3v) is 4.68. The van der Waals surface area contributed by atoms with Crippen molar-refractivity contribution in [1.82, 2.24) is 4.31 Å². The van der Waals surface area contributed by atoms with Crippen LogP contribution >= 0.6 is 0 Å². The van der Waals surface area contributed by atoms with Crippen LogP contribution in [0.5, 0.6) is 0 Å². The fourth-order valence-corrected chi connectivity index (χ4v) is 3.11. The Bertz CT molecular complexity index is 493. The second-order valence-electron chi connectivity index (χ2n) is 4.87. The quantitative estimate of drug-likeness (QED) is 0.842.